The highest BCUT2D eigenvalue weighted by Crippen LogP contribution is 2.22. The molecule has 26 heavy (non-hydrogen) atoms. The van der Waals surface area contributed by atoms with E-state index in [1.54, 1.807) is 14.0 Å². The summed E-state index contributed by atoms with van der Waals surface area (Å²) >= 11 is 1.39. The summed E-state index contributed by atoms with van der Waals surface area (Å²) in [5.74, 6) is 0.343. The molecule has 0 N–H and O–H groups in total. The second-order valence-electron chi connectivity index (χ2n) is 5.62. The lowest BCUT2D eigenvalue weighted by atomic mass is 10.2. The van der Waals surface area contributed by atoms with Gasteiger partial charge in [-0.05, 0) is 42.5 Å². The summed E-state index contributed by atoms with van der Waals surface area (Å²) in [6, 6.07) is 11.5. The van der Waals surface area contributed by atoms with Gasteiger partial charge in [-0.3, -0.25) is 4.79 Å². The van der Waals surface area contributed by atoms with E-state index >= 15 is 0 Å². The first-order valence-corrected chi connectivity index (χ1v) is 10.4. The molecule has 0 atom stereocenters. The van der Waals surface area contributed by atoms with E-state index in [0.717, 1.165) is 16.0 Å². The molecule has 0 spiro atoms. The van der Waals surface area contributed by atoms with Crippen molar-refractivity contribution < 1.29 is 17.9 Å². The summed E-state index contributed by atoms with van der Waals surface area (Å²) in [5.41, 5.74) is 1.29. The summed E-state index contributed by atoms with van der Waals surface area (Å²) in [4.78, 5) is 17.4. The van der Waals surface area contributed by atoms with E-state index in [0.29, 0.717) is 10.4 Å². The van der Waals surface area contributed by atoms with Crippen LogP contribution in [0.2, 0.25) is 0 Å². The van der Waals surface area contributed by atoms with Gasteiger partial charge in [0, 0.05) is 12.6 Å². The number of fused-ring (bicyclic) bond motifs is 1. The molecule has 6 nitrogen and oxygen atoms in total. The van der Waals surface area contributed by atoms with E-state index in [-0.39, 0.29) is 10.6 Å². The molecule has 0 bridgehead atoms. The maximum atomic E-state index is 12.4. The minimum atomic E-state index is -3.29. The molecule has 1 heterocycles. The first-order valence-electron chi connectivity index (χ1n) is 7.91. The van der Waals surface area contributed by atoms with Crippen LogP contribution >= 0.6 is 11.3 Å². The first kappa shape index (κ1) is 18.3. The fourth-order valence-corrected chi connectivity index (χ4v) is 4.40. The van der Waals surface area contributed by atoms with Gasteiger partial charge >= 0.3 is 0 Å². The number of ether oxygens (including phenoxy) is 1. The molecule has 1 amide bonds. The fourth-order valence-electron chi connectivity index (χ4n) is 2.47. The molecule has 0 aliphatic carbocycles. The summed E-state index contributed by atoms with van der Waals surface area (Å²) < 4.78 is 31.7. The van der Waals surface area contributed by atoms with Gasteiger partial charge in [-0.25, -0.2) is 8.42 Å². The number of carbonyl (C=O) groups is 1. The number of aromatic nitrogens is 1. The van der Waals surface area contributed by atoms with Crippen LogP contribution in [0, 0.1) is 0 Å². The molecular formula is C18H18N2O4S2. The average molecular weight is 390 g/mol. The predicted molar refractivity (Wildman–Crippen MR) is 101 cm³/mol. The number of hydrogen-bond donors (Lipinski definition) is 0. The Hall–Kier alpha value is -2.45. The van der Waals surface area contributed by atoms with Crippen molar-refractivity contribution in [1.29, 1.82) is 0 Å². The second kappa shape index (κ2) is 7.05. The maximum Gasteiger partial charge on any atom is 0.279 e. The number of amides is 1. The number of hydrogen-bond acceptors (Lipinski definition) is 5. The van der Waals surface area contributed by atoms with Crippen LogP contribution in [0.3, 0.4) is 0 Å². The molecule has 0 radical (unpaired) electrons. The van der Waals surface area contributed by atoms with Crippen molar-refractivity contribution in [1.82, 2.24) is 4.57 Å². The van der Waals surface area contributed by atoms with E-state index in [4.69, 9.17) is 4.74 Å². The highest BCUT2D eigenvalue weighted by atomic mass is 32.2. The van der Waals surface area contributed by atoms with Crippen molar-refractivity contribution in [3.63, 3.8) is 0 Å². The van der Waals surface area contributed by atoms with Crippen LogP contribution in [0.1, 0.15) is 17.3 Å². The van der Waals surface area contributed by atoms with E-state index in [1.165, 1.54) is 35.6 Å². The third-order valence-electron chi connectivity index (χ3n) is 4.05. The topological polar surface area (TPSA) is 77.7 Å². The van der Waals surface area contributed by atoms with Gasteiger partial charge in [0.25, 0.3) is 5.91 Å². The molecule has 0 aliphatic rings. The van der Waals surface area contributed by atoms with Crippen LogP contribution in [-0.2, 0) is 16.9 Å². The zero-order valence-electron chi connectivity index (χ0n) is 14.6. The van der Waals surface area contributed by atoms with Gasteiger partial charge in [-0.1, -0.05) is 18.3 Å². The largest absolute Gasteiger partial charge is 0.497 e. The molecule has 0 unspecified atom stereocenters. The number of aryl methyl sites for hydroxylation is 1. The average Bonchev–Trinajstić information content (AvgIpc) is 2.96. The Labute approximate surface area is 155 Å². The van der Waals surface area contributed by atoms with Crippen molar-refractivity contribution in [3.05, 3.63) is 52.8 Å². The lowest BCUT2D eigenvalue weighted by Gasteiger charge is -2.01. The Morgan fingerprint density at radius 2 is 1.88 bits per heavy atom. The molecule has 136 valence electrons. The minimum Gasteiger partial charge on any atom is -0.497 e. The van der Waals surface area contributed by atoms with Gasteiger partial charge in [0.2, 0.25) is 0 Å². The number of nitrogens with zero attached hydrogens (tertiary/aromatic N) is 2. The van der Waals surface area contributed by atoms with E-state index in [1.807, 2.05) is 29.8 Å². The van der Waals surface area contributed by atoms with Crippen LogP contribution < -0.4 is 9.54 Å². The third kappa shape index (κ3) is 3.42. The summed E-state index contributed by atoms with van der Waals surface area (Å²) in [5, 5.41) is 0. The standard InChI is InChI=1S/C18H18N2O4S2/c1-4-26(22,23)14-8-5-12(6-9-14)17(21)19-18-20(2)15-10-7-13(24-3)11-16(15)25-18/h5-11H,4H2,1-3H3. The van der Waals surface area contributed by atoms with Crippen molar-refractivity contribution in [2.24, 2.45) is 12.0 Å². The van der Waals surface area contributed by atoms with Gasteiger partial charge < -0.3 is 9.30 Å². The highest BCUT2D eigenvalue weighted by molar-refractivity contribution is 7.91. The minimum absolute atomic E-state index is 0.0196. The number of methoxy groups -OCH3 is 1. The SMILES string of the molecule is CCS(=O)(=O)c1ccc(C(=O)N=c2sc3cc(OC)ccc3n2C)cc1. The smallest absolute Gasteiger partial charge is 0.279 e. The maximum absolute atomic E-state index is 12.4. The summed E-state index contributed by atoms with van der Waals surface area (Å²) in [7, 11) is 0.159. The van der Waals surface area contributed by atoms with E-state index < -0.39 is 15.7 Å². The number of carbonyl (C=O) groups excluding carboxylic acids is 1. The quantitative estimate of drug-likeness (QED) is 0.686. The molecule has 3 rings (SSSR count). The molecule has 0 saturated heterocycles. The lowest BCUT2D eigenvalue weighted by Crippen LogP contribution is -2.13. The van der Waals surface area contributed by atoms with Crippen LogP contribution in [0.4, 0.5) is 0 Å². The van der Waals surface area contributed by atoms with Crippen LogP contribution in [0.15, 0.2) is 52.4 Å². The Kier molecular flexibility index (Phi) is 4.97. The van der Waals surface area contributed by atoms with Gasteiger partial charge in [-0.15, -0.1) is 0 Å². The van der Waals surface area contributed by atoms with Crippen LogP contribution in [-0.4, -0.2) is 31.8 Å². The molecule has 0 saturated carbocycles. The van der Waals surface area contributed by atoms with Gasteiger partial charge in [-0.2, -0.15) is 4.99 Å². The highest BCUT2D eigenvalue weighted by Gasteiger charge is 2.13. The molecular weight excluding hydrogens is 372 g/mol. The van der Waals surface area contributed by atoms with E-state index in [9.17, 15) is 13.2 Å². The normalized spacial score (nSPS) is 12.5. The molecule has 8 heteroatoms. The predicted octanol–water partition coefficient (Wildman–Crippen LogP) is 2.78. The fraction of sp³-hybridized carbons (Fsp3) is 0.222. The number of rotatable bonds is 4. The lowest BCUT2D eigenvalue weighted by molar-refractivity contribution is 0.0998. The Morgan fingerprint density at radius 3 is 2.50 bits per heavy atom. The van der Waals surface area contributed by atoms with Gasteiger partial charge in [0.1, 0.15) is 5.75 Å². The molecule has 0 aliphatic heterocycles. The van der Waals surface area contributed by atoms with Gasteiger partial charge in [0.15, 0.2) is 14.6 Å². The number of thiazole rings is 1. The van der Waals surface area contributed by atoms with Crippen molar-refractivity contribution >= 4 is 37.3 Å². The van der Waals surface area contributed by atoms with Crippen molar-refractivity contribution in [2.75, 3.05) is 12.9 Å². The van der Waals surface area contributed by atoms with Crippen LogP contribution in [0.5, 0.6) is 5.75 Å². The zero-order chi connectivity index (χ0) is 18.9. The molecule has 0 fully saturated rings. The van der Waals surface area contributed by atoms with Crippen molar-refractivity contribution in [2.45, 2.75) is 11.8 Å². The second-order valence-corrected chi connectivity index (χ2v) is 8.91. The Balaban J connectivity index is 1.98. The molecule has 2 aromatic carbocycles. The van der Waals surface area contributed by atoms with E-state index in [2.05, 4.69) is 4.99 Å². The third-order valence-corrected chi connectivity index (χ3v) is 6.90. The number of sulfone groups is 1. The molecule has 3 aromatic rings. The summed E-state index contributed by atoms with van der Waals surface area (Å²) in [6.45, 7) is 1.58. The summed E-state index contributed by atoms with van der Waals surface area (Å²) in [6.07, 6.45) is 0. The van der Waals surface area contributed by atoms with Gasteiger partial charge in [0.05, 0.1) is 28.0 Å². The monoisotopic (exact) mass is 390 g/mol. The zero-order valence-corrected chi connectivity index (χ0v) is 16.2. The number of benzene rings is 2. The van der Waals surface area contributed by atoms with Crippen molar-refractivity contribution in [3.8, 4) is 5.75 Å². The molecule has 1 aromatic heterocycles. The first-order chi connectivity index (χ1) is 12.4. The Morgan fingerprint density at radius 1 is 1.19 bits per heavy atom. The Bertz CT molecular complexity index is 1140. The van der Waals surface area contributed by atoms with Crippen LogP contribution in [0.25, 0.3) is 10.2 Å².